The zero-order valence-corrected chi connectivity index (χ0v) is 5.46. The first-order valence-corrected chi connectivity index (χ1v) is 2.75. The SMILES string of the molecule is CCCCN.O=C([O-])O.[H+]. The van der Waals surface area contributed by atoms with Crippen molar-refractivity contribution in [2.75, 3.05) is 6.54 Å². The molecule has 0 heterocycles. The molecule has 0 rings (SSSR count). The van der Waals surface area contributed by atoms with Gasteiger partial charge in [0.25, 0.3) is 0 Å². The van der Waals surface area contributed by atoms with Crippen molar-refractivity contribution in [3.8, 4) is 0 Å². The number of nitrogens with two attached hydrogens (primary N) is 1. The van der Waals surface area contributed by atoms with Crippen LogP contribution in [0.1, 0.15) is 21.2 Å². The van der Waals surface area contributed by atoms with E-state index >= 15 is 0 Å². The van der Waals surface area contributed by atoms with Gasteiger partial charge in [0, 0.05) is 0 Å². The van der Waals surface area contributed by atoms with Gasteiger partial charge in [-0.3, -0.25) is 0 Å². The molecule has 0 aromatic carbocycles. The van der Waals surface area contributed by atoms with Gasteiger partial charge >= 0.3 is 1.43 Å². The van der Waals surface area contributed by atoms with Gasteiger partial charge in [0.2, 0.25) is 6.16 Å². The van der Waals surface area contributed by atoms with E-state index in [9.17, 15) is 0 Å². The topological polar surface area (TPSA) is 86.4 Å². The van der Waals surface area contributed by atoms with Gasteiger partial charge in [-0.25, -0.2) is 0 Å². The molecule has 0 saturated carbocycles. The highest BCUT2D eigenvalue weighted by atomic mass is 16.6. The van der Waals surface area contributed by atoms with Gasteiger partial charge in [-0.1, -0.05) is 13.3 Å². The van der Waals surface area contributed by atoms with Gasteiger partial charge in [0.15, 0.2) is 0 Å². The number of hydrogen-bond donors (Lipinski definition) is 2. The summed E-state index contributed by atoms with van der Waals surface area (Å²) in [5.41, 5.74) is 5.14. The van der Waals surface area contributed by atoms with Crippen LogP contribution in [0.15, 0.2) is 0 Å². The molecule has 0 spiro atoms. The quantitative estimate of drug-likeness (QED) is 0.546. The van der Waals surface area contributed by atoms with Gasteiger partial charge in [-0.05, 0) is 13.0 Å². The van der Waals surface area contributed by atoms with Gasteiger partial charge < -0.3 is 20.7 Å². The lowest BCUT2D eigenvalue weighted by atomic mass is 10.3. The smallest absolute Gasteiger partial charge is 0.565 e. The zero-order valence-electron chi connectivity index (χ0n) is 6.46. The fourth-order valence-corrected chi connectivity index (χ4v) is 0.204. The monoisotopic (exact) mass is 135 g/mol. The lowest BCUT2D eigenvalue weighted by molar-refractivity contribution is -0.275. The highest BCUT2D eigenvalue weighted by molar-refractivity contribution is 5.50. The molecule has 0 amide bonds. The van der Waals surface area contributed by atoms with Crippen molar-refractivity contribution >= 4 is 6.16 Å². The minimum atomic E-state index is -2.08. The van der Waals surface area contributed by atoms with Crippen molar-refractivity contribution in [1.29, 1.82) is 0 Å². The van der Waals surface area contributed by atoms with Crippen molar-refractivity contribution in [2.24, 2.45) is 5.73 Å². The first kappa shape index (κ1) is 11.1. The Labute approximate surface area is 55.8 Å². The predicted octanol–water partition coefficient (Wildman–Crippen LogP) is -0.255. The molecule has 0 aromatic heterocycles. The third-order valence-corrected chi connectivity index (χ3v) is 0.558. The standard InChI is InChI=1S/C4H11N.CH2O3/c1-2-3-4-5;2-1(3)4/h2-5H2,1H3;(H2,2,3,4). The van der Waals surface area contributed by atoms with Crippen LogP contribution >= 0.6 is 0 Å². The number of carbonyl (C=O) groups is 1. The lowest BCUT2D eigenvalue weighted by Crippen LogP contribution is -2.17. The molecule has 3 N–H and O–H groups in total. The molecule has 4 nitrogen and oxygen atoms in total. The van der Waals surface area contributed by atoms with E-state index < -0.39 is 6.16 Å². The normalized spacial score (nSPS) is 7.33. The van der Waals surface area contributed by atoms with Crippen molar-refractivity contribution in [1.82, 2.24) is 0 Å². The van der Waals surface area contributed by atoms with Gasteiger partial charge in [-0.15, -0.1) is 0 Å². The molecule has 0 saturated heterocycles. The molecule has 0 aromatic rings. The number of unbranched alkanes of at least 4 members (excludes halogenated alkanes) is 1. The Morgan fingerprint density at radius 3 is 2.22 bits per heavy atom. The van der Waals surface area contributed by atoms with Gasteiger partial charge in [0.1, 0.15) is 0 Å². The van der Waals surface area contributed by atoms with E-state index in [4.69, 9.17) is 20.7 Å². The molecule has 0 unspecified atom stereocenters. The molecule has 0 radical (unpaired) electrons. The van der Waals surface area contributed by atoms with Crippen LogP contribution in [0.5, 0.6) is 0 Å². The molecule has 9 heavy (non-hydrogen) atoms. The maximum atomic E-state index is 8.44. The molecular formula is C5H13NO3. The molecule has 0 aliphatic rings. The highest BCUT2D eigenvalue weighted by Gasteiger charge is 1.67. The Balaban J connectivity index is -0.0000000910. The van der Waals surface area contributed by atoms with E-state index in [-0.39, 0.29) is 1.43 Å². The maximum absolute atomic E-state index is 8.44. The van der Waals surface area contributed by atoms with Crippen LogP contribution in [0, 0.1) is 0 Å². The summed E-state index contributed by atoms with van der Waals surface area (Å²) in [5.74, 6) is 0. The fraction of sp³-hybridized carbons (Fsp3) is 0.800. The van der Waals surface area contributed by atoms with Crippen molar-refractivity contribution in [3.05, 3.63) is 0 Å². The Bertz CT molecular complexity index is 63.9. The summed E-state index contributed by atoms with van der Waals surface area (Å²) < 4.78 is 0. The Morgan fingerprint density at radius 2 is 2.22 bits per heavy atom. The Morgan fingerprint density at radius 1 is 1.89 bits per heavy atom. The van der Waals surface area contributed by atoms with Crippen LogP contribution in [-0.2, 0) is 0 Å². The fourth-order valence-electron chi connectivity index (χ4n) is 0.204. The first-order valence-electron chi connectivity index (χ1n) is 2.75. The molecule has 0 aliphatic heterocycles. The number of hydrogen-bond acceptors (Lipinski definition) is 3. The summed E-state index contributed by atoms with van der Waals surface area (Å²) in [7, 11) is 0. The molecule has 0 aliphatic carbocycles. The van der Waals surface area contributed by atoms with Crippen LogP contribution < -0.4 is 10.8 Å². The summed E-state index contributed by atoms with van der Waals surface area (Å²) in [5, 5.41) is 15.3. The number of carboxylic acid groups (broad SMARTS) is 2. The van der Waals surface area contributed by atoms with Gasteiger partial charge in [0.05, 0.1) is 0 Å². The average Bonchev–Trinajstić information content (AvgIpc) is 1.66. The third kappa shape index (κ3) is 131. The zero-order chi connectivity index (χ0) is 7.70. The summed E-state index contributed by atoms with van der Waals surface area (Å²) in [6, 6.07) is 0. The summed E-state index contributed by atoms with van der Waals surface area (Å²) in [6.07, 6.45) is 0.302. The Hall–Kier alpha value is -0.770. The van der Waals surface area contributed by atoms with Crippen LogP contribution in [-0.4, -0.2) is 17.8 Å². The largest absolute Gasteiger partial charge is 1.00 e. The second kappa shape index (κ2) is 10.3. The summed E-state index contributed by atoms with van der Waals surface area (Å²) in [6.45, 7) is 2.98. The van der Waals surface area contributed by atoms with E-state index in [1.807, 2.05) is 0 Å². The minimum Gasteiger partial charge on any atom is -0.565 e. The van der Waals surface area contributed by atoms with E-state index in [1.165, 1.54) is 12.8 Å². The number of rotatable bonds is 2. The van der Waals surface area contributed by atoms with E-state index in [2.05, 4.69) is 6.92 Å². The van der Waals surface area contributed by atoms with Crippen LogP contribution in [0.25, 0.3) is 0 Å². The van der Waals surface area contributed by atoms with Crippen LogP contribution in [0.2, 0.25) is 0 Å². The highest BCUT2D eigenvalue weighted by Crippen LogP contribution is 1.77. The van der Waals surface area contributed by atoms with Crippen molar-refractivity contribution < 1.29 is 16.4 Å². The second-order valence-electron chi connectivity index (χ2n) is 1.41. The molecule has 4 heteroatoms. The Kier molecular flexibility index (Phi) is 12.6. The minimum absolute atomic E-state index is 0. The first-order chi connectivity index (χ1) is 4.15. The van der Waals surface area contributed by atoms with Crippen molar-refractivity contribution in [3.63, 3.8) is 0 Å². The third-order valence-electron chi connectivity index (χ3n) is 0.558. The van der Waals surface area contributed by atoms with Crippen LogP contribution in [0.4, 0.5) is 4.79 Å². The molecule has 0 atom stereocenters. The lowest BCUT2D eigenvalue weighted by Gasteiger charge is -1.80. The van der Waals surface area contributed by atoms with E-state index in [0.717, 1.165) is 6.54 Å². The second-order valence-corrected chi connectivity index (χ2v) is 1.41. The van der Waals surface area contributed by atoms with Crippen molar-refractivity contribution in [2.45, 2.75) is 19.8 Å². The molecule has 0 fully saturated rings. The summed E-state index contributed by atoms with van der Waals surface area (Å²) in [4.78, 5) is 8.44. The predicted molar refractivity (Wildman–Crippen MR) is 33.1 cm³/mol. The van der Waals surface area contributed by atoms with Crippen LogP contribution in [0.3, 0.4) is 0 Å². The molecule has 56 valence electrons. The molecule has 0 bridgehead atoms. The van der Waals surface area contributed by atoms with E-state index in [0.29, 0.717) is 0 Å². The summed E-state index contributed by atoms with van der Waals surface area (Å²) >= 11 is 0. The van der Waals surface area contributed by atoms with Gasteiger partial charge in [-0.2, -0.15) is 0 Å². The average molecular weight is 135 g/mol. The molecular weight excluding hydrogens is 122 g/mol. The maximum Gasteiger partial charge on any atom is 1.00 e. The van der Waals surface area contributed by atoms with E-state index in [1.54, 1.807) is 0 Å².